The van der Waals surface area contributed by atoms with E-state index in [9.17, 15) is 14.4 Å². The molecular weight excluding hydrogens is 397 g/mol. The fourth-order valence-corrected chi connectivity index (χ4v) is 2.94. The number of anilines is 1. The van der Waals surface area contributed by atoms with Gasteiger partial charge in [0.05, 0.1) is 11.3 Å². The summed E-state index contributed by atoms with van der Waals surface area (Å²) >= 11 is 11.7. The van der Waals surface area contributed by atoms with Crippen molar-refractivity contribution in [3.05, 3.63) is 51.5 Å². The number of fused-ring (bicyclic) bond motifs is 1. The Hall–Kier alpha value is -2.77. The fraction of sp³-hybridized carbons (Fsp3) is 0.167. The first-order valence-electron chi connectivity index (χ1n) is 7.71. The molecule has 27 heavy (non-hydrogen) atoms. The summed E-state index contributed by atoms with van der Waals surface area (Å²) in [6, 6.07) is 7.18. The number of benzene rings is 2. The van der Waals surface area contributed by atoms with Crippen molar-refractivity contribution in [2.75, 3.05) is 18.7 Å². The molecule has 0 bridgehead atoms. The molecule has 1 aliphatic heterocycles. The number of ether oxygens (including phenoxy) is 3. The summed E-state index contributed by atoms with van der Waals surface area (Å²) in [6.07, 6.45) is 0. The molecule has 1 amide bonds. The van der Waals surface area contributed by atoms with Crippen molar-refractivity contribution in [3.8, 4) is 11.5 Å². The average Bonchev–Trinajstić information content (AvgIpc) is 3.05. The lowest BCUT2D eigenvalue weighted by Crippen LogP contribution is -2.22. The maximum Gasteiger partial charge on any atom is 0.338 e. The predicted molar refractivity (Wildman–Crippen MR) is 97.9 cm³/mol. The van der Waals surface area contributed by atoms with E-state index in [1.165, 1.54) is 37.3 Å². The Bertz CT molecular complexity index is 923. The predicted octanol–water partition coefficient (Wildman–Crippen LogP) is 3.72. The zero-order valence-corrected chi connectivity index (χ0v) is 15.5. The third kappa shape index (κ3) is 4.50. The summed E-state index contributed by atoms with van der Waals surface area (Å²) in [7, 11) is 0. The van der Waals surface area contributed by atoms with Gasteiger partial charge in [-0.2, -0.15) is 0 Å². The highest BCUT2D eigenvalue weighted by atomic mass is 35.5. The lowest BCUT2D eigenvalue weighted by Gasteiger charge is -2.11. The molecule has 0 fully saturated rings. The minimum atomic E-state index is -0.757. The lowest BCUT2D eigenvalue weighted by atomic mass is 10.1. The van der Waals surface area contributed by atoms with Crippen LogP contribution in [0, 0.1) is 0 Å². The van der Waals surface area contributed by atoms with Gasteiger partial charge in [0.1, 0.15) is 0 Å². The van der Waals surface area contributed by atoms with E-state index in [1.807, 2.05) is 0 Å². The van der Waals surface area contributed by atoms with E-state index < -0.39 is 18.5 Å². The molecular formula is C18H13Cl2NO6. The van der Waals surface area contributed by atoms with Gasteiger partial charge in [-0.1, -0.05) is 23.2 Å². The molecule has 0 spiro atoms. The van der Waals surface area contributed by atoms with Gasteiger partial charge in [-0.25, -0.2) is 4.79 Å². The summed E-state index contributed by atoms with van der Waals surface area (Å²) < 4.78 is 15.4. The number of halogens is 2. The maximum atomic E-state index is 12.1. The quantitative estimate of drug-likeness (QED) is 0.597. The first-order chi connectivity index (χ1) is 12.8. The van der Waals surface area contributed by atoms with Crippen LogP contribution in [0.3, 0.4) is 0 Å². The number of Topliss-reactive ketones (excluding diaryl/α,β-unsaturated/α-hetero) is 1. The van der Waals surface area contributed by atoms with Crippen molar-refractivity contribution >= 4 is 46.5 Å². The SMILES string of the molecule is CC(=O)c1cc2c(cc1NC(=O)COC(=O)c1cc(Cl)cc(Cl)c1)OCO2. The molecule has 0 unspecified atom stereocenters. The molecule has 0 radical (unpaired) electrons. The van der Waals surface area contributed by atoms with Crippen LogP contribution >= 0.6 is 23.2 Å². The van der Waals surface area contributed by atoms with Crippen molar-refractivity contribution < 1.29 is 28.6 Å². The van der Waals surface area contributed by atoms with E-state index >= 15 is 0 Å². The first-order valence-corrected chi connectivity index (χ1v) is 8.46. The molecule has 0 atom stereocenters. The minimum absolute atomic E-state index is 0.0316. The summed E-state index contributed by atoms with van der Waals surface area (Å²) in [6.45, 7) is 0.828. The van der Waals surface area contributed by atoms with Gasteiger partial charge in [-0.15, -0.1) is 0 Å². The Labute approximate surface area is 164 Å². The Kier molecular flexibility index (Phi) is 5.53. The topological polar surface area (TPSA) is 90.9 Å². The number of hydrogen-bond donors (Lipinski definition) is 1. The number of amides is 1. The number of rotatable bonds is 5. The van der Waals surface area contributed by atoms with Gasteiger partial charge in [0, 0.05) is 21.7 Å². The fourth-order valence-electron chi connectivity index (χ4n) is 2.41. The average molecular weight is 410 g/mol. The van der Waals surface area contributed by atoms with Crippen LogP contribution in [-0.2, 0) is 9.53 Å². The molecule has 1 aliphatic rings. The van der Waals surface area contributed by atoms with Gasteiger partial charge in [-0.3, -0.25) is 9.59 Å². The number of nitrogens with one attached hydrogen (secondary N) is 1. The van der Waals surface area contributed by atoms with Gasteiger partial charge in [0.25, 0.3) is 5.91 Å². The van der Waals surface area contributed by atoms with Crippen molar-refractivity contribution in [2.45, 2.75) is 6.92 Å². The van der Waals surface area contributed by atoms with E-state index in [2.05, 4.69) is 5.32 Å². The molecule has 7 nitrogen and oxygen atoms in total. The molecule has 9 heteroatoms. The van der Waals surface area contributed by atoms with Gasteiger partial charge in [0.2, 0.25) is 6.79 Å². The molecule has 0 aliphatic carbocycles. The van der Waals surface area contributed by atoms with E-state index in [4.69, 9.17) is 37.4 Å². The Morgan fingerprint density at radius 2 is 1.67 bits per heavy atom. The summed E-state index contributed by atoms with van der Waals surface area (Å²) in [5.74, 6) is -0.831. The molecule has 140 valence electrons. The highest BCUT2D eigenvalue weighted by Crippen LogP contribution is 2.37. The van der Waals surface area contributed by atoms with Crippen molar-refractivity contribution in [1.82, 2.24) is 0 Å². The van der Waals surface area contributed by atoms with E-state index in [1.54, 1.807) is 0 Å². The maximum absolute atomic E-state index is 12.1. The summed E-state index contributed by atoms with van der Waals surface area (Å²) in [5, 5.41) is 3.06. The van der Waals surface area contributed by atoms with Gasteiger partial charge in [0.15, 0.2) is 23.9 Å². The molecule has 2 aromatic carbocycles. The number of ketones is 1. The number of esters is 1. The lowest BCUT2D eigenvalue weighted by molar-refractivity contribution is -0.119. The largest absolute Gasteiger partial charge is 0.454 e. The standard InChI is InChI=1S/C18H13Cl2NO6/c1-9(22)13-5-15-16(27-8-26-15)6-14(13)21-17(23)7-25-18(24)10-2-11(19)4-12(20)3-10/h2-6H,7-8H2,1H3,(H,21,23). The Balaban J connectivity index is 1.67. The van der Waals surface area contributed by atoms with E-state index in [-0.39, 0.29) is 39.4 Å². The van der Waals surface area contributed by atoms with Crippen LogP contribution in [-0.4, -0.2) is 31.1 Å². The van der Waals surface area contributed by atoms with Crippen LogP contribution in [0.4, 0.5) is 5.69 Å². The van der Waals surface area contributed by atoms with Crippen LogP contribution < -0.4 is 14.8 Å². The van der Waals surface area contributed by atoms with Crippen LogP contribution in [0.15, 0.2) is 30.3 Å². The van der Waals surface area contributed by atoms with Crippen molar-refractivity contribution in [2.24, 2.45) is 0 Å². The summed E-state index contributed by atoms with van der Waals surface area (Å²) in [5.41, 5.74) is 0.604. The van der Waals surface area contributed by atoms with Crippen LogP contribution in [0.2, 0.25) is 10.0 Å². The highest BCUT2D eigenvalue weighted by Gasteiger charge is 2.21. The van der Waals surface area contributed by atoms with Crippen LogP contribution in [0.1, 0.15) is 27.6 Å². The smallest absolute Gasteiger partial charge is 0.338 e. The molecule has 2 aromatic rings. The third-order valence-electron chi connectivity index (χ3n) is 3.60. The van der Waals surface area contributed by atoms with Crippen molar-refractivity contribution in [3.63, 3.8) is 0 Å². The number of carbonyl (C=O) groups is 3. The second kappa shape index (κ2) is 7.85. The normalized spacial score (nSPS) is 11.8. The minimum Gasteiger partial charge on any atom is -0.454 e. The Morgan fingerprint density at radius 1 is 1.04 bits per heavy atom. The molecule has 1 heterocycles. The molecule has 1 N–H and O–H groups in total. The zero-order valence-electron chi connectivity index (χ0n) is 14.0. The number of carbonyl (C=O) groups excluding carboxylic acids is 3. The molecule has 0 saturated carbocycles. The van der Waals surface area contributed by atoms with Crippen LogP contribution in [0.25, 0.3) is 0 Å². The van der Waals surface area contributed by atoms with Gasteiger partial charge >= 0.3 is 5.97 Å². The number of hydrogen-bond acceptors (Lipinski definition) is 6. The second-order valence-electron chi connectivity index (χ2n) is 5.59. The third-order valence-corrected chi connectivity index (χ3v) is 4.04. The van der Waals surface area contributed by atoms with Crippen molar-refractivity contribution in [1.29, 1.82) is 0 Å². The Morgan fingerprint density at radius 3 is 2.30 bits per heavy atom. The van der Waals surface area contributed by atoms with E-state index in [0.717, 1.165) is 0 Å². The zero-order chi connectivity index (χ0) is 19.6. The van der Waals surface area contributed by atoms with Crippen LogP contribution in [0.5, 0.6) is 11.5 Å². The second-order valence-corrected chi connectivity index (χ2v) is 6.46. The molecule has 3 rings (SSSR count). The highest BCUT2D eigenvalue weighted by molar-refractivity contribution is 6.35. The van der Waals surface area contributed by atoms with Gasteiger partial charge < -0.3 is 19.5 Å². The molecule has 0 aromatic heterocycles. The summed E-state index contributed by atoms with van der Waals surface area (Å²) in [4.78, 5) is 36.0. The molecule has 0 saturated heterocycles. The van der Waals surface area contributed by atoms with E-state index in [0.29, 0.717) is 11.5 Å². The monoisotopic (exact) mass is 409 g/mol. The van der Waals surface area contributed by atoms with Gasteiger partial charge in [-0.05, 0) is 31.2 Å². The first kappa shape index (κ1) is 19.0.